The summed E-state index contributed by atoms with van der Waals surface area (Å²) < 4.78 is 4.79. The number of benzene rings is 6. The quantitative estimate of drug-likeness (QED) is 0.171. The van der Waals surface area contributed by atoms with Crippen molar-refractivity contribution in [2.75, 3.05) is 0 Å². The van der Waals surface area contributed by atoms with Gasteiger partial charge < -0.3 is 9.13 Å². The monoisotopic (exact) mass is 717 g/mol. The van der Waals surface area contributed by atoms with E-state index in [1.807, 2.05) is 24.3 Å². The zero-order chi connectivity index (χ0) is 37.0. The summed E-state index contributed by atoms with van der Waals surface area (Å²) in [4.78, 5) is 23.3. The third kappa shape index (κ3) is 5.25. The molecule has 0 atom stereocenters. The normalized spacial score (nSPS) is 11.6. The molecule has 6 aromatic carbocycles. The van der Waals surface area contributed by atoms with Gasteiger partial charge in [-0.25, -0.2) is 15.0 Å². The van der Waals surface area contributed by atoms with Gasteiger partial charge in [-0.05, 0) is 77.9 Å². The summed E-state index contributed by atoms with van der Waals surface area (Å²) in [5.74, 6) is 1.69. The highest BCUT2D eigenvalue weighted by Crippen LogP contribution is 2.38. The van der Waals surface area contributed by atoms with Gasteiger partial charge in [0.15, 0.2) is 17.5 Å². The van der Waals surface area contributed by atoms with E-state index >= 15 is 0 Å². The Bertz CT molecular complexity index is 2940. The molecule has 0 aliphatic heterocycles. The van der Waals surface area contributed by atoms with Crippen molar-refractivity contribution in [2.24, 2.45) is 0 Å². The van der Waals surface area contributed by atoms with Crippen molar-refractivity contribution in [3.63, 3.8) is 0 Å². The van der Waals surface area contributed by atoms with Crippen LogP contribution in [-0.2, 0) is 0 Å². The molecule has 0 radical (unpaired) electrons. The molecule has 0 fully saturated rings. The first kappa shape index (κ1) is 31.7. The van der Waals surface area contributed by atoms with Gasteiger partial charge in [-0.1, -0.05) is 97.1 Å². The van der Waals surface area contributed by atoms with Gasteiger partial charge in [-0.3, -0.25) is 9.97 Å². The van der Waals surface area contributed by atoms with Gasteiger partial charge in [0.05, 0.1) is 22.1 Å². The molecule has 5 heterocycles. The maximum atomic E-state index is 4.92. The Morgan fingerprint density at radius 1 is 0.304 bits per heavy atom. The second-order valence-corrected chi connectivity index (χ2v) is 13.8. The average Bonchev–Trinajstić information content (AvgIpc) is 3.80. The number of hydrogen-bond donors (Lipinski definition) is 0. The molecule has 0 N–H and O–H groups in total. The molecule has 56 heavy (non-hydrogen) atoms. The zero-order valence-corrected chi connectivity index (χ0v) is 30.0. The van der Waals surface area contributed by atoms with Gasteiger partial charge >= 0.3 is 0 Å². The molecule has 262 valence electrons. The van der Waals surface area contributed by atoms with E-state index in [2.05, 4.69) is 159 Å². The van der Waals surface area contributed by atoms with Crippen LogP contribution in [0.5, 0.6) is 0 Å². The number of nitrogens with zero attached hydrogens (tertiary/aromatic N) is 7. The Labute approximate surface area is 321 Å². The summed E-state index contributed by atoms with van der Waals surface area (Å²) in [6, 6.07) is 57.8. The van der Waals surface area contributed by atoms with Gasteiger partial charge in [0.25, 0.3) is 0 Å². The summed E-state index contributed by atoms with van der Waals surface area (Å²) in [5.41, 5.74) is 11.5. The van der Waals surface area contributed by atoms with E-state index in [9.17, 15) is 0 Å². The topological polar surface area (TPSA) is 74.3 Å². The molecule has 0 unspecified atom stereocenters. The van der Waals surface area contributed by atoms with Gasteiger partial charge in [-0.15, -0.1) is 0 Å². The number of aromatic nitrogens is 7. The van der Waals surface area contributed by atoms with E-state index in [-0.39, 0.29) is 0 Å². The number of pyridine rings is 2. The molecule has 0 amide bonds. The van der Waals surface area contributed by atoms with Crippen LogP contribution in [0.4, 0.5) is 0 Å². The first-order chi connectivity index (χ1) is 27.8. The Kier molecular flexibility index (Phi) is 7.35. The minimum Gasteiger partial charge on any atom is -0.309 e. The van der Waals surface area contributed by atoms with Crippen molar-refractivity contribution >= 4 is 43.6 Å². The summed E-state index contributed by atoms with van der Waals surface area (Å²) in [6.07, 6.45) is 7.03. The van der Waals surface area contributed by atoms with Crippen LogP contribution in [0.25, 0.3) is 100 Å². The van der Waals surface area contributed by atoms with Gasteiger partial charge in [-0.2, -0.15) is 0 Å². The van der Waals surface area contributed by atoms with E-state index in [0.29, 0.717) is 17.5 Å². The van der Waals surface area contributed by atoms with E-state index in [1.165, 1.54) is 21.5 Å². The molecule has 11 rings (SSSR count). The average molecular weight is 718 g/mol. The van der Waals surface area contributed by atoms with Gasteiger partial charge in [0.2, 0.25) is 0 Å². The first-order valence-electron chi connectivity index (χ1n) is 18.6. The van der Waals surface area contributed by atoms with Crippen LogP contribution >= 0.6 is 0 Å². The number of hydrogen-bond acceptors (Lipinski definition) is 5. The smallest absolute Gasteiger partial charge is 0.165 e. The van der Waals surface area contributed by atoms with Crippen molar-refractivity contribution in [1.82, 2.24) is 34.1 Å². The lowest BCUT2D eigenvalue weighted by atomic mass is 10.0. The lowest BCUT2D eigenvalue weighted by Gasteiger charge is -2.16. The van der Waals surface area contributed by atoms with E-state index < -0.39 is 0 Å². The van der Waals surface area contributed by atoms with Crippen LogP contribution in [-0.4, -0.2) is 34.1 Å². The number of fused-ring (bicyclic) bond motifs is 6. The molecule has 11 aromatic rings. The van der Waals surface area contributed by atoms with Crippen molar-refractivity contribution in [2.45, 2.75) is 0 Å². The SMILES string of the molecule is c1cncc(-c2nc(-c3ccc(-c4cc(-n5c6ccccc6c6ccccc65)cc(-n5c6ccccc6c6ccccc65)c4)cc3)nc(-c3cccnc3)n2)c1. The van der Waals surface area contributed by atoms with E-state index in [0.717, 1.165) is 61.3 Å². The molecule has 7 heteroatoms. The van der Waals surface area contributed by atoms with E-state index in [4.69, 9.17) is 15.0 Å². The lowest BCUT2D eigenvalue weighted by Crippen LogP contribution is -2.01. The standard InChI is InChI=1S/C49H31N7/c1-5-17-43-39(13-1)40-14-2-6-18-44(40)55(43)37-27-36(28-38(29-37)56-45-19-7-3-15-41(45)42-16-4-8-20-46(42)56)32-21-23-33(24-22-32)47-52-48(34-11-9-25-50-30-34)54-49(53-47)35-12-10-26-51-31-35/h1-31H. The molecular formula is C49H31N7. The Morgan fingerprint density at radius 2 is 0.679 bits per heavy atom. The third-order valence-electron chi connectivity index (χ3n) is 10.5. The van der Waals surface area contributed by atoms with Crippen LogP contribution in [0.3, 0.4) is 0 Å². The Hall–Kier alpha value is -7.77. The third-order valence-corrected chi connectivity index (χ3v) is 10.5. The summed E-state index contributed by atoms with van der Waals surface area (Å²) in [7, 11) is 0. The van der Waals surface area contributed by atoms with Gasteiger partial charge in [0, 0.05) is 74.4 Å². The number of para-hydroxylation sites is 4. The Morgan fingerprint density at radius 3 is 1.07 bits per heavy atom. The second kappa shape index (κ2) is 13.0. The van der Waals surface area contributed by atoms with E-state index in [1.54, 1.807) is 24.8 Å². The van der Waals surface area contributed by atoms with Crippen molar-refractivity contribution in [1.29, 1.82) is 0 Å². The molecule has 0 spiro atoms. The van der Waals surface area contributed by atoms with Crippen molar-refractivity contribution in [3.8, 4) is 56.7 Å². The maximum absolute atomic E-state index is 4.92. The molecule has 5 aromatic heterocycles. The minimum atomic E-state index is 0.556. The minimum absolute atomic E-state index is 0.556. The zero-order valence-electron chi connectivity index (χ0n) is 30.0. The van der Waals surface area contributed by atoms with Crippen LogP contribution < -0.4 is 0 Å². The molecule has 0 saturated heterocycles. The lowest BCUT2D eigenvalue weighted by molar-refractivity contribution is 1.07. The predicted molar refractivity (Wildman–Crippen MR) is 226 cm³/mol. The highest BCUT2D eigenvalue weighted by Gasteiger charge is 2.18. The fraction of sp³-hybridized carbons (Fsp3) is 0. The fourth-order valence-electron chi connectivity index (χ4n) is 7.99. The molecular weight excluding hydrogens is 687 g/mol. The number of rotatable bonds is 6. The fourth-order valence-corrected chi connectivity index (χ4v) is 7.99. The molecule has 0 aliphatic carbocycles. The van der Waals surface area contributed by atoms with Gasteiger partial charge in [0.1, 0.15) is 0 Å². The van der Waals surface area contributed by atoms with Crippen molar-refractivity contribution in [3.05, 3.63) is 189 Å². The first-order valence-corrected chi connectivity index (χ1v) is 18.6. The maximum Gasteiger partial charge on any atom is 0.165 e. The molecule has 0 bridgehead atoms. The molecule has 7 nitrogen and oxygen atoms in total. The van der Waals surface area contributed by atoms with Crippen LogP contribution in [0, 0.1) is 0 Å². The second-order valence-electron chi connectivity index (χ2n) is 13.8. The van der Waals surface area contributed by atoms with Crippen LogP contribution in [0.15, 0.2) is 189 Å². The highest BCUT2D eigenvalue weighted by atomic mass is 15.0. The van der Waals surface area contributed by atoms with Crippen molar-refractivity contribution < 1.29 is 0 Å². The van der Waals surface area contributed by atoms with Crippen LogP contribution in [0.2, 0.25) is 0 Å². The molecule has 0 saturated carbocycles. The molecule has 0 aliphatic rings. The predicted octanol–water partition coefficient (Wildman–Crippen LogP) is 11.5. The van der Waals surface area contributed by atoms with Crippen LogP contribution in [0.1, 0.15) is 0 Å². The summed E-state index contributed by atoms with van der Waals surface area (Å²) in [5, 5.41) is 4.91. The summed E-state index contributed by atoms with van der Waals surface area (Å²) >= 11 is 0. The highest BCUT2D eigenvalue weighted by molar-refractivity contribution is 6.10. The largest absolute Gasteiger partial charge is 0.309 e. The summed E-state index contributed by atoms with van der Waals surface area (Å²) in [6.45, 7) is 0. The Balaban J connectivity index is 1.11.